The first-order chi connectivity index (χ1) is 11.9. The monoisotopic (exact) mass is 339 g/mol. The fourth-order valence-corrected chi connectivity index (χ4v) is 2.47. The second-order valence-corrected chi connectivity index (χ2v) is 5.79. The van der Waals surface area contributed by atoms with Gasteiger partial charge >= 0.3 is 0 Å². The SMILES string of the molecule is Cc1cc(C)c(/C=N\NC(=O)c2ccc(OCC(N)=O)cc2)c(C)c1. The molecule has 6 heteroatoms. The van der Waals surface area contributed by atoms with Gasteiger partial charge in [-0.05, 0) is 56.2 Å². The van der Waals surface area contributed by atoms with E-state index in [0.717, 1.165) is 16.7 Å². The minimum Gasteiger partial charge on any atom is -0.484 e. The van der Waals surface area contributed by atoms with E-state index in [0.29, 0.717) is 11.3 Å². The maximum atomic E-state index is 12.1. The van der Waals surface area contributed by atoms with Crippen LogP contribution in [0.4, 0.5) is 0 Å². The molecular formula is C19H21N3O3. The zero-order chi connectivity index (χ0) is 18.4. The number of nitrogens with zero attached hydrogens (tertiary/aromatic N) is 1. The van der Waals surface area contributed by atoms with Crippen molar-refractivity contribution in [2.24, 2.45) is 10.8 Å². The maximum Gasteiger partial charge on any atom is 0.271 e. The summed E-state index contributed by atoms with van der Waals surface area (Å²) in [6.45, 7) is 5.85. The van der Waals surface area contributed by atoms with Crippen molar-refractivity contribution in [2.45, 2.75) is 20.8 Å². The smallest absolute Gasteiger partial charge is 0.271 e. The molecule has 0 aromatic heterocycles. The average molecular weight is 339 g/mol. The Morgan fingerprint density at radius 2 is 1.72 bits per heavy atom. The molecule has 0 fully saturated rings. The van der Waals surface area contributed by atoms with Gasteiger partial charge < -0.3 is 10.5 Å². The third-order valence-corrected chi connectivity index (χ3v) is 3.60. The van der Waals surface area contributed by atoms with Crippen molar-refractivity contribution in [3.63, 3.8) is 0 Å². The predicted molar refractivity (Wildman–Crippen MR) is 96.8 cm³/mol. The summed E-state index contributed by atoms with van der Waals surface area (Å²) in [5, 5.41) is 4.03. The molecule has 0 aliphatic heterocycles. The molecule has 0 saturated carbocycles. The van der Waals surface area contributed by atoms with Gasteiger partial charge in [-0.1, -0.05) is 17.7 Å². The number of benzene rings is 2. The number of aryl methyl sites for hydroxylation is 3. The van der Waals surface area contributed by atoms with E-state index in [9.17, 15) is 9.59 Å². The highest BCUT2D eigenvalue weighted by Gasteiger charge is 2.06. The van der Waals surface area contributed by atoms with E-state index in [4.69, 9.17) is 10.5 Å². The number of nitrogens with one attached hydrogen (secondary N) is 1. The van der Waals surface area contributed by atoms with Crippen molar-refractivity contribution >= 4 is 18.0 Å². The van der Waals surface area contributed by atoms with Gasteiger partial charge in [0.1, 0.15) is 5.75 Å². The summed E-state index contributed by atoms with van der Waals surface area (Å²) in [7, 11) is 0. The molecule has 25 heavy (non-hydrogen) atoms. The maximum absolute atomic E-state index is 12.1. The molecule has 0 atom stereocenters. The van der Waals surface area contributed by atoms with Crippen LogP contribution in [0.3, 0.4) is 0 Å². The van der Waals surface area contributed by atoms with E-state index in [-0.39, 0.29) is 12.5 Å². The van der Waals surface area contributed by atoms with Crippen LogP contribution in [0.25, 0.3) is 0 Å². The molecule has 0 unspecified atom stereocenters. The Morgan fingerprint density at radius 3 is 2.28 bits per heavy atom. The summed E-state index contributed by atoms with van der Waals surface area (Å²) in [5.74, 6) is -0.428. The number of carbonyl (C=O) groups is 2. The fraction of sp³-hybridized carbons (Fsp3) is 0.211. The van der Waals surface area contributed by atoms with Gasteiger partial charge in [0.2, 0.25) is 0 Å². The topological polar surface area (TPSA) is 93.8 Å². The molecule has 0 heterocycles. The van der Waals surface area contributed by atoms with Gasteiger partial charge in [0.15, 0.2) is 6.61 Å². The zero-order valence-corrected chi connectivity index (χ0v) is 14.5. The number of primary amides is 1. The van der Waals surface area contributed by atoms with Gasteiger partial charge in [0, 0.05) is 11.1 Å². The largest absolute Gasteiger partial charge is 0.484 e. The number of hydrogen-bond acceptors (Lipinski definition) is 4. The lowest BCUT2D eigenvalue weighted by Gasteiger charge is -2.07. The molecule has 0 spiro atoms. The lowest BCUT2D eigenvalue weighted by Crippen LogP contribution is -2.20. The van der Waals surface area contributed by atoms with Crippen LogP contribution in [0.15, 0.2) is 41.5 Å². The van der Waals surface area contributed by atoms with Gasteiger partial charge in [-0.3, -0.25) is 9.59 Å². The Morgan fingerprint density at radius 1 is 1.12 bits per heavy atom. The summed E-state index contributed by atoms with van der Waals surface area (Å²) < 4.78 is 5.14. The number of hydrazone groups is 1. The van der Waals surface area contributed by atoms with Gasteiger partial charge in [-0.15, -0.1) is 0 Å². The first-order valence-corrected chi connectivity index (χ1v) is 7.79. The molecule has 0 bridgehead atoms. The lowest BCUT2D eigenvalue weighted by atomic mass is 10.0. The van der Waals surface area contributed by atoms with E-state index in [1.165, 1.54) is 5.56 Å². The number of rotatable bonds is 6. The van der Waals surface area contributed by atoms with Crippen LogP contribution in [0.2, 0.25) is 0 Å². The first kappa shape index (κ1) is 18.2. The van der Waals surface area contributed by atoms with Crippen molar-refractivity contribution in [3.8, 4) is 5.75 Å². The quantitative estimate of drug-likeness (QED) is 0.624. The Bertz CT molecular complexity index is 788. The predicted octanol–water partition coefficient (Wildman–Crippen LogP) is 2.24. The minimum atomic E-state index is -0.558. The first-order valence-electron chi connectivity index (χ1n) is 7.79. The number of nitrogens with two attached hydrogens (primary N) is 1. The molecule has 2 amide bonds. The molecule has 3 N–H and O–H groups in total. The van der Waals surface area contributed by atoms with Gasteiger partial charge in [-0.2, -0.15) is 5.10 Å². The van der Waals surface area contributed by atoms with Crippen molar-refractivity contribution in [1.82, 2.24) is 5.43 Å². The number of amides is 2. The summed E-state index contributed by atoms with van der Waals surface area (Å²) in [6.07, 6.45) is 1.65. The van der Waals surface area contributed by atoms with Crippen LogP contribution in [0.1, 0.15) is 32.6 Å². The van der Waals surface area contributed by atoms with Crippen molar-refractivity contribution in [2.75, 3.05) is 6.61 Å². The number of carbonyl (C=O) groups excluding carboxylic acids is 2. The molecule has 2 aromatic carbocycles. The Kier molecular flexibility index (Phi) is 5.89. The van der Waals surface area contributed by atoms with Crippen molar-refractivity contribution in [3.05, 3.63) is 64.2 Å². The Balaban J connectivity index is 1.99. The van der Waals surface area contributed by atoms with E-state index in [2.05, 4.69) is 22.7 Å². The van der Waals surface area contributed by atoms with Gasteiger partial charge in [0.05, 0.1) is 6.21 Å². The third-order valence-electron chi connectivity index (χ3n) is 3.60. The molecule has 2 aromatic rings. The molecule has 6 nitrogen and oxygen atoms in total. The standard InChI is InChI=1S/C19H21N3O3/c1-12-8-13(2)17(14(3)9-12)10-21-22-19(24)15-4-6-16(7-5-15)25-11-18(20)23/h4-10H,11H2,1-3H3,(H2,20,23)(H,22,24)/b21-10-. The van der Waals surface area contributed by atoms with Crippen LogP contribution in [0.5, 0.6) is 5.75 Å². The molecule has 0 saturated heterocycles. The summed E-state index contributed by atoms with van der Waals surface area (Å²) in [4.78, 5) is 22.8. The molecule has 0 aliphatic rings. The summed E-state index contributed by atoms with van der Waals surface area (Å²) in [5.41, 5.74) is 12.3. The Hall–Kier alpha value is -3.15. The second-order valence-electron chi connectivity index (χ2n) is 5.79. The summed E-state index contributed by atoms with van der Waals surface area (Å²) >= 11 is 0. The summed E-state index contributed by atoms with van der Waals surface area (Å²) in [6, 6.07) is 10.5. The average Bonchev–Trinajstić information content (AvgIpc) is 2.55. The van der Waals surface area contributed by atoms with Crippen LogP contribution in [-0.4, -0.2) is 24.6 Å². The molecule has 0 aliphatic carbocycles. The van der Waals surface area contributed by atoms with Crippen LogP contribution in [-0.2, 0) is 4.79 Å². The van der Waals surface area contributed by atoms with E-state index >= 15 is 0 Å². The van der Waals surface area contributed by atoms with Gasteiger partial charge in [-0.25, -0.2) is 5.43 Å². The van der Waals surface area contributed by atoms with Gasteiger partial charge in [0.25, 0.3) is 11.8 Å². The minimum absolute atomic E-state index is 0.203. The highest BCUT2D eigenvalue weighted by Crippen LogP contribution is 2.14. The molecule has 2 rings (SSSR count). The van der Waals surface area contributed by atoms with Crippen molar-refractivity contribution in [1.29, 1.82) is 0 Å². The second kappa shape index (κ2) is 8.10. The van der Waals surface area contributed by atoms with E-state index < -0.39 is 5.91 Å². The molecule has 130 valence electrons. The van der Waals surface area contributed by atoms with Crippen molar-refractivity contribution < 1.29 is 14.3 Å². The fourth-order valence-electron chi connectivity index (χ4n) is 2.47. The normalized spacial score (nSPS) is 10.7. The van der Waals surface area contributed by atoms with Crippen LogP contribution < -0.4 is 15.9 Å². The zero-order valence-electron chi connectivity index (χ0n) is 14.5. The Labute approximate surface area is 146 Å². The third kappa shape index (κ3) is 5.17. The molecular weight excluding hydrogens is 318 g/mol. The van der Waals surface area contributed by atoms with Crippen LogP contribution >= 0.6 is 0 Å². The highest BCUT2D eigenvalue weighted by molar-refractivity contribution is 5.95. The van der Waals surface area contributed by atoms with E-state index in [1.54, 1.807) is 30.5 Å². The lowest BCUT2D eigenvalue weighted by molar-refractivity contribution is -0.119. The number of ether oxygens (including phenoxy) is 1. The molecule has 0 radical (unpaired) electrons. The highest BCUT2D eigenvalue weighted by atomic mass is 16.5. The number of hydrogen-bond donors (Lipinski definition) is 2. The van der Waals surface area contributed by atoms with E-state index in [1.807, 2.05) is 20.8 Å². The van der Waals surface area contributed by atoms with Crippen LogP contribution in [0, 0.1) is 20.8 Å².